The number of aromatic nitrogens is 4. The fourth-order valence-corrected chi connectivity index (χ4v) is 4.88. The van der Waals surface area contributed by atoms with Crippen LogP contribution in [0.15, 0.2) is 42.7 Å². The van der Waals surface area contributed by atoms with Gasteiger partial charge in [-0.15, -0.1) is 0 Å². The van der Waals surface area contributed by atoms with E-state index in [9.17, 15) is 4.79 Å². The summed E-state index contributed by atoms with van der Waals surface area (Å²) in [7, 11) is 0. The van der Waals surface area contributed by atoms with Gasteiger partial charge in [-0.05, 0) is 45.2 Å². The van der Waals surface area contributed by atoms with Gasteiger partial charge in [-0.2, -0.15) is 5.10 Å². The second-order valence-corrected chi connectivity index (χ2v) is 8.77. The molecule has 0 bridgehead atoms. The third-order valence-electron chi connectivity index (χ3n) is 6.60. The lowest BCUT2D eigenvalue weighted by Crippen LogP contribution is -2.37. The number of carbonyl (C=O) groups is 1. The molecule has 2 aromatic heterocycles. The number of hydrogen-bond donors (Lipinski definition) is 0. The van der Waals surface area contributed by atoms with Crippen molar-refractivity contribution in [2.75, 3.05) is 11.4 Å². The van der Waals surface area contributed by atoms with Crippen LogP contribution in [0.2, 0.25) is 0 Å². The maximum absolute atomic E-state index is 12.9. The van der Waals surface area contributed by atoms with Gasteiger partial charge in [0.05, 0.1) is 18.8 Å². The van der Waals surface area contributed by atoms with Crippen molar-refractivity contribution in [3.8, 4) is 0 Å². The molecule has 4 heterocycles. The zero-order valence-electron chi connectivity index (χ0n) is 18.9. The standard InChI is InChI=1S/C25H30N6O/c1-3-30-16-20(14-26-30)15-29-13-7-10-22(29)24-27-18(2)21-11-12-23(32)31(25(21)28-24)17-19-8-5-4-6-9-19/h4-6,8-9,14,16,22H,3,7,10-13,15,17H2,1-2H3/t22-/m0/s1. The molecule has 5 rings (SSSR count). The van der Waals surface area contributed by atoms with Gasteiger partial charge < -0.3 is 0 Å². The van der Waals surface area contributed by atoms with Gasteiger partial charge in [0.15, 0.2) is 0 Å². The van der Waals surface area contributed by atoms with Crippen molar-refractivity contribution >= 4 is 11.7 Å². The van der Waals surface area contributed by atoms with Crippen LogP contribution in [0, 0.1) is 6.92 Å². The van der Waals surface area contributed by atoms with E-state index in [0.29, 0.717) is 13.0 Å². The Labute approximate surface area is 189 Å². The summed E-state index contributed by atoms with van der Waals surface area (Å²) in [5.41, 5.74) is 4.44. The Bertz CT molecular complexity index is 1110. The zero-order chi connectivity index (χ0) is 22.1. The summed E-state index contributed by atoms with van der Waals surface area (Å²) < 4.78 is 1.97. The van der Waals surface area contributed by atoms with Crippen LogP contribution in [0.1, 0.15) is 60.4 Å². The van der Waals surface area contributed by atoms with Gasteiger partial charge in [0.1, 0.15) is 11.6 Å². The molecule has 166 valence electrons. The Hall–Kier alpha value is -3.06. The van der Waals surface area contributed by atoms with Gasteiger partial charge in [0.25, 0.3) is 0 Å². The Morgan fingerprint density at radius 2 is 1.91 bits per heavy atom. The maximum Gasteiger partial charge on any atom is 0.228 e. The van der Waals surface area contributed by atoms with Crippen molar-refractivity contribution in [1.29, 1.82) is 0 Å². The zero-order valence-corrected chi connectivity index (χ0v) is 18.9. The van der Waals surface area contributed by atoms with Crippen molar-refractivity contribution in [3.05, 3.63) is 70.9 Å². The van der Waals surface area contributed by atoms with Crippen molar-refractivity contribution in [2.45, 2.75) is 65.2 Å². The van der Waals surface area contributed by atoms with Crippen LogP contribution in [0.4, 0.5) is 5.82 Å². The number of carbonyl (C=O) groups excluding carboxylic acids is 1. The van der Waals surface area contributed by atoms with E-state index in [4.69, 9.17) is 9.97 Å². The number of benzene rings is 1. The lowest BCUT2D eigenvalue weighted by molar-refractivity contribution is -0.119. The highest BCUT2D eigenvalue weighted by Crippen LogP contribution is 2.35. The highest BCUT2D eigenvalue weighted by atomic mass is 16.2. The summed E-state index contributed by atoms with van der Waals surface area (Å²) in [6, 6.07) is 10.3. The fourth-order valence-electron chi connectivity index (χ4n) is 4.88. The highest BCUT2D eigenvalue weighted by Gasteiger charge is 2.33. The smallest absolute Gasteiger partial charge is 0.228 e. The SMILES string of the molecule is CCn1cc(CN2CCC[C@H]2c2nc(C)c3c(n2)N(Cc2ccccc2)C(=O)CC3)cn1. The molecule has 1 fully saturated rings. The van der Waals surface area contributed by atoms with Crippen molar-refractivity contribution in [3.63, 3.8) is 0 Å². The quantitative estimate of drug-likeness (QED) is 0.595. The molecule has 3 aromatic rings. The van der Waals surface area contributed by atoms with Crippen LogP contribution in [-0.2, 0) is 30.8 Å². The first kappa shape index (κ1) is 20.8. The van der Waals surface area contributed by atoms with Crippen LogP contribution in [0.3, 0.4) is 0 Å². The average molecular weight is 431 g/mol. The number of nitrogens with zero attached hydrogens (tertiary/aromatic N) is 6. The molecule has 0 spiro atoms. The lowest BCUT2D eigenvalue weighted by atomic mass is 10.0. The van der Waals surface area contributed by atoms with Crippen molar-refractivity contribution in [1.82, 2.24) is 24.6 Å². The molecule has 7 nitrogen and oxygen atoms in total. The van der Waals surface area contributed by atoms with Gasteiger partial charge >= 0.3 is 0 Å². The predicted molar refractivity (Wildman–Crippen MR) is 123 cm³/mol. The number of fused-ring (bicyclic) bond motifs is 1. The van der Waals surface area contributed by atoms with E-state index >= 15 is 0 Å². The van der Waals surface area contributed by atoms with E-state index < -0.39 is 0 Å². The summed E-state index contributed by atoms with van der Waals surface area (Å²) in [4.78, 5) is 27.2. The molecular weight excluding hydrogens is 400 g/mol. The molecule has 2 aliphatic heterocycles. The van der Waals surface area contributed by atoms with Crippen LogP contribution < -0.4 is 4.90 Å². The third-order valence-corrected chi connectivity index (χ3v) is 6.60. The van der Waals surface area contributed by atoms with Gasteiger partial charge in [-0.25, -0.2) is 9.97 Å². The number of likely N-dealkylation sites (tertiary alicyclic amines) is 1. The molecule has 32 heavy (non-hydrogen) atoms. The predicted octanol–water partition coefficient (Wildman–Crippen LogP) is 3.82. The van der Waals surface area contributed by atoms with Crippen LogP contribution in [0.5, 0.6) is 0 Å². The molecule has 7 heteroatoms. The minimum Gasteiger partial charge on any atom is -0.292 e. The first-order chi connectivity index (χ1) is 15.6. The second-order valence-electron chi connectivity index (χ2n) is 8.77. The lowest BCUT2D eigenvalue weighted by Gasteiger charge is -2.31. The van der Waals surface area contributed by atoms with Gasteiger partial charge in [0, 0.05) is 42.5 Å². The minimum absolute atomic E-state index is 0.140. The molecule has 0 N–H and O–H groups in total. The van der Waals surface area contributed by atoms with Crippen molar-refractivity contribution < 1.29 is 4.79 Å². The van der Waals surface area contributed by atoms with Crippen LogP contribution in [0.25, 0.3) is 0 Å². The average Bonchev–Trinajstić information content (AvgIpc) is 3.46. The van der Waals surface area contributed by atoms with E-state index in [2.05, 4.69) is 42.2 Å². The normalized spacial score (nSPS) is 18.9. The Balaban J connectivity index is 1.45. The fraction of sp³-hybridized carbons (Fsp3) is 0.440. The highest BCUT2D eigenvalue weighted by molar-refractivity contribution is 5.95. The first-order valence-electron chi connectivity index (χ1n) is 11.6. The Morgan fingerprint density at radius 3 is 2.69 bits per heavy atom. The van der Waals surface area contributed by atoms with Gasteiger partial charge in [0.2, 0.25) is 5.91 Å². The molecule has 2 aliphatic rings. The second kappa shape index (κ2) is 8.82. The summed E-state index contributed by atoms with van der Waals surface area (Å²) in [5.74, 6) is 1.79. The van der Waals surface area contributed by atoms with E-state index in [1.54, 1.807) is 0 Å². The molecule has 1 saturated heterocycles. The molecule has 0 saturated carbocycles. The number of hydrogen-bond acceptors (Lipinski definition) is 5. The Kier molecular flexibility index (Phi) is 5.74. The molecule has 1 amide bonds. The molecular formula is C25H30N6O. The first-order valence-corrected chi connectivity index (χ1v) is 11.6. The minimum atomic E-state index is 0.140. The van der Waals surface area contributed by atoms with Crippen LogP contribution in [-0.4, -0.2) is 37.1 Å². The molecule has 1 aromatic carbocycles. The molecule has 0 radical (unpaired) electrons. The van der Waals surface area contributed by atoms with Crippen molar-refractivity contribution in [2.24, 2.45) is 0 Å². The largest absolute Gasteiger partial charge is 0.292 e. The summed E-state index contributed by atoms with van der Waals surface area (Å²) in [6.45, 7) is 7.45. The summed E-state index contributed by atoms with van der Waals surface area (Å²) in [5, 5.41) is 4.42. The van der Waals surface area contributed by atoms with E-state index in [1.807, 2.05) is 34.0 Å². The molecule has 1 atom stereocenters. The van der Waals surface area contributed by atoms with E-state index in [0.717, 1.165) is 67.4 Å². The Morgan fingerprint density at radius 1 is 1.06 bits per heavy atom. The number of aryl methyl sites for hydroxylation is 2. The monoisotopic (exact) mass is 430 g/mol. The number of rotatable bonds is 6. The van der Waals surface area contributed by atoms with E-state index in [-0.39, 0.29) is 11.9 Å². The van der Waals surface area contributed by atoms with Crippen LogP contribution >= 0.6 is 0 Å². The maximum atomic E-state index is 12.9. The van der Waals surface area contributed by atoms with Gasteiger partial charge in [-0.3, -0.25) is 19.3 Å². The van der Waals surface area contributed by atoms with E-state index in [1.165, 1.54) is 5.56 Å². The molecule has 0 unspecified atom stereocenters. The van der Waals surface area contributed by atoms with Gasteiger partial charge in [-0.1, -0.05) is 30.3 Å². The summed E-state index contributed by atoms with van der Waals surface area (Å²) in [6.07, 6.45) is 7.47. The molecule has 0 aliphatic carbocycles. The number of amides is 1. The third kappa shape index (κ3) is 4.05. The topological polar surface area (TPSA) is 67.2 Å². The number of anilines is 1. The summed E-state index contributed by atoms with van der Waals surface area (Å²) >= 11 is 0.